The van der Waals surface area contributed by atoms with Crippen LogP contribution in [0.5, 0.6) is 5.88 Å². The van der Waals surface area contributed by atoms with Crippen molar-refractivity contribution < 1.29 is 4.74 Å². The average Bonchev–Trinajstić information content (AvgIpc) is 2.05. The van der Waals surface area contributed by atoms with E-state index in [1.165, 1.54) is 0 Å². The molecule has 0 unspecified atom stereocenters. The van der Waals surface area contributed by atoms with Crippen LogP contribution >= 0.6 is 15.9 Å². The van der Waals surface area contributed by atoms with E-state index in [4.69, 9.17) is 4.74 Å². The first-order chi connectivity index (χ1) is 4.86. The van der Waals surface area contributed by atoms with Crippen LogP contribution in [0.3, 0.4) is 0 Å². The van der Waals surface area contributed by atoms with Gasteiger partial charge in [-0.1, -0.05) is 15.9 Å². The van der Waals surface area contributed by atoms with Gasteiger partial charge in [0.05, 0.1) is 12.4 Å². The fourth-order valence-corrected chi connectivity index (χ4v) is 0.829. The Hall–Kier alpha value is -0.640. The van der Waals surface area contributed by atoms with Gasteiger partial charge >= 0.3 is 0 Å². The SMILES string of the molecule is COc1ccnc(CBr)n1. The first-order valence-corrected chi connectivity index (χ1v) is 3.91. The third kappa shape index (κ3) is 1.67. The van der Waals surface area contributed by atoms with E-state index in [9.17, 15) is 0 Å². The van der Waals surface area contributed by atoms with Gasteiger partial charge in [0, 0.05) is 12.3 Å². The highest BCUT2D eigenvalue weighted by Gasteiger charge is 1.94. The Labute approximate surface area is 67.6 Å². The molecule has 0 amide bonds. The second-order valence-corrected chi connectivity index (χ2v) is 2.21. The molecule has 1 aromatic heterocycles. The van der Waals surface area contributed by atoms with Gasteiger partial charge in [-0.25, -0.2) is 4.98 Å². The molecule has 0 aliphatic carbocycles. The van der Waals surface area contributed by atoms with E-state index in [1.807, 2.05) is 0 Å². The van der Waals surface area contributed by atoms with Crippen molar-refractivity contribution >= 4 is 15.9 Å². The lowest BCUT2D eigenvalue weighted by Gasteiger charge is -1.97. The summed E-state index contributed by atoms with van der Waals surface area (Å²) in [7, 11) is 1.58. The maximum absolute atomic E-state index is 4.88. The van der Waals surface area contributed by atoms with E-state index < -0.39 is 0 Å². The van der Waals surface area contributed by atoms with Gasteiger partial charge in [-0.2, -0.15) is 4.98 Å². The summed E-state index contributed by atoms with van der Waals surface area (Å²) < 4.78 is 4.88. The zero-order valence-electron chi connectivity index (χ0n) is 5.54. The van der Waals surface area contributed by atoms with Crippen LogP contribution in [0, 0.1) is 0 Å². The number of hydrogen-bond donors (Lipinski definition) is 0. The van der Waals surface area contributed by atoms with Crippen molar-refractivity contribution in [3.8, 4) is 5.88 Å². The smallest absolute Gasteiger partial charge is 0.216 e. The van der Waals surface area contributed by atoms with Crippen molar-refractivity contribution in [1.82, 2.24) is 9.97 Å². The van der Waals surface area contributed by atoms with Gasteiger partial charge in [0.25, 0.3) is 0 Å². The van der Waals surface area contributed by atoms with Gasteiger partial charge in [0.1, 0.15) is 5.82 Å². The molecule has 0 saturated heterocycles. The van der Waals surface area contributed by atoms with E-state index in [2.05, 4.69) is 25.9 Å². The summed E-state index contributed by atoms with van der Waals surface area (Å²) in [4.78, 5) is 8.00. The van der Waals surface area contributed by atoms with E-state index in [0.717, 1.165) is 5.82 Å². The number of aromatic nitrogens is 2. The summed E-state index contributed by atoms with van der Waals surface area (Å²) in [5, 5.41) is 0.657. The molecule has 0 spiro atoms. The third-order valence-corrected chi connectivity index (χ3v) is 1.51. The minimum atomic E-state index is 0.601. The van der Waals surface area contributed by atoms with Gasteiger partial charge < -0.3 is 4.74 Å². The molecule has 0 saturated carbocycles. The number of nitrogens with zero attached hydrogens (tertiary/aromatic N) is 2. The Bertz CT molecular complexity index is 197. The zero-order valence-corrected chi connectivity index (χ0v) is 7.13. The third-order valence-electron chi connectivity index (χ3n) is 1.01. The van der Waals surface area contributed by atoms with Crippen LogP contribution in [0.4, 0.5) is 0 Å². The van der Waals surface area contributed by atoms with Gasteiger partial charge in [-0.05, 0) is 0 Å². The number of rotatable bonds is 2. The molecule has 1 heterocycles. The molecular weight excluding hydrogens is 196 g/mol. The van der Waals surface area contributed by atoms with Crippen molar-refractivity contribution in [1.29, 1.82) is 0 Å². The molecule has 0 atom stereocenters. The van der Waals surface area contributed by atoms with E-state index in [-0.39, 0.29) is 0 Å². The van der Waals surface area contributed by atoms with E-state index in [1.54, 1.807) is 19.4 Å². The minimum Gasteiger partial charge on any atom is -0.481 e. The molecule has 0 aliphatic rings. The van der Waals surface area contributed by atoms with Crippen LogP contribution in [0.1, 0.15) is 5.82 Å². The topological polar surface area (TPSA) is 35.0 Å². The van der Waals surface area contributed by atoms with Gasteiger partial charge in [0.15, 0.2) is 0 Å². The molecule has 0 aliphatic heterocycles. The number of halogens is 1. The zero-order chi connectivity index (χ0) is 7.40. The normalized spacial score (nSPS) is 9.40. The quantitative estimate of drug-likeness (QED) is 0.681. The fourth-order valence-electron chi connectivity index (χ4n) is 0.558. The molecule has 0 N–H and O–H groups in total. The van der Waals surface area contributed by atoms with Crippen molar-refractivity contribution in [2.24, 2.45) is 0 Å². The summed E-state index contributed by atoms with van der Waals surface area (Å²) in [6, 6.07) is 1.71. The van der Waals surface area contributed by atoms with Crippen LogP contribution in [-0.2, 0) is 5.33 Å². The second kappa shape index (κ2) is 3.51. The predicted octanol–water partition coefficient (Wildman–Crippen LogP) is 1.38. The van der Waals surface area contributed by atoms with Gasteiger partial charge in [-0.3, -0.25) is 0 Å². The largest absolute Gasteiger partial charge is 0.481 e. The molecule has 54 valence electrons. The minimum absolute atomic E-state index is 0.601. The number of alkyl halides is 1. The molecule has 3 nitrogen and oxygen atoms in total. The highest BCUT2D eigenvalue weighted by Crippen LogP contribution is 2.05. The monoisotopic (exact) mass is 202 g/mol. The Morgan fingerprint density at radius 1 is 1.70 bits per heavy atom. The van der Waals surface area contributed by atoms with Crippen LogP contribution in [0.2, 0.25) is 0 Å². The Kier molecular flexibility index (Phi) is 2.62. The molecule has 0 aromatic carbocycles. The van der Waals surface area contributed by atoms with Gasteiger partial charge in [-0.15, -0.1) is 0 Å². The lowest BCUT2D eigenvalue weighted by atomic mass is 10.6. The summed E-state index contributed by atoms with van der Waals surface area (Å²) in [6.45, 7) is 0. The summed E-state index contributed by atoms with van der Waals surface area (Å²) >= 11 is 3.24. The number of ether oxygens (including phenoxy) is 1. The molecule has 0 fully saturated rings. The molecular formula is C6H7BrN2O. The molecule has 0 bridgehead atoms. The number of hydrogen-bond acceptors (Lipinski definition) is 3. The Morgan fingerprint density at radius 3 is 3.10 bits per heavy atom. The summed E-state index contributed by atoms with van der Waals surface area (Å²) in [5.74, 6) is 1.34. The van der Waals surface area contributed by atoms with E-state index >= 15 is 0 Å². The number of methoxy groups -OCH3 is 1. The maximum atomic E-state index is 4.88. The maximum Gasteiger partial charge on any atom is 0.216 e. The fraction of sp³-hybridized carbons (Fsp3) is 0.333. The molecule has 10 heavy (non-hydrogen) atoms. The standard InChI is InChI=1S/C6H7BrN2O/c1-10-6-2-3-8-5(4-7)9-6/h2-3H,4H2,1H3. The van der Waals surface area contributed by atoms with Crippen LogP contribution in [0.15, 0.2) is 12.3 Å². The average molecular weight is 203 g/mol. The van der Waals surface area contributed by atoms with Crippen molar-refractivity contribution in [3.05, 3.63) is 18.1 Å². The van der Waals surface area contributed by atoms with Crippen LogP contribution in [-0.4, -0.2) is 17.1 Å². The lowest BCUT2D eigenvalue weighted by molar-refractivity contribution is 0.395. The first-order valence-electron chi connectivity index (χ1n) is 2.78. The van der Waals surface area contributed by atoms with Crippen molar-refractivity contribution in [3.63, 3.8) is 0 Å². The van der Waals surface area contributed by atoms with E-state index in [0.29, 0.717) is 11.2 Å². The molecule has 0 radical (unpaired) electrons. The first kappa shape index (κ1) is 7.47. The van der Waals surface area contributed by atoms with Crippen molar-refractivity contribution in [2.45, 2.75) is 5.33 Å². The highest BCUT2D eigenvalue weighted by molar-refractivity contribution is 9.08. The van der Waals surface area contributed by atoms with Crippen LogP contribution < -0.4 is 4.74 Å². The molecule has 1 aromatic rings. The summed E-state index contributed by atoms with van der Waals surface area (Å²) in [6.07, 6.45) is 1.67. The highest BCUT2D eigenvalue weighted by atomic mass is 79.9. The van der Waals surface area contributed by atoms with Crippen molar-refractivity contribution in [2.75, 3.05) is 7.11 Å². The summed E-state index contributed by atoms with van der Waals surface area (Å²) in [5.41, 5.74) is 0. The van der Waals surface area contributed by atoms with Gasteiger partial charge in [0.2, 0.25) is 5.88 Å². The Morgan fingerprint density at radius 2 is 2.50 bits per heavy atom. The second-order valence-electron chi connectivity index (χ2n) is 1.65. The molecule has 1 rings (SSSR count). The lowest BCUT2D eigenvalue weighted by Crippen LogP contribution is -1.93. The molecule has 4 heteroatoms. The predicted molar refractivity (Wildman–Crippen MR) is 41.2 cm³/mol. The Balaban J connectivity index is 2.87. The van der Waals surface area contributed by atoms with Crippen LogP contribution in [0.25, 0.3) is 0 Å².